The molecule has 2 heterocycles. The van der Waals surface area contributed by atoms with Gasteiger partial charge in [0.05, 0.1) is 19.3 Å². The van der Waals surface area contributed by atoms with Gasteiger partial charge in [-0.05, 0) is 55.0 Å². The van der Waals surface area contributed by atoms with Crippen LogP contribution in [0.1, 0.15) is 12.5 Å². The minimum atomic E-state index is -0.650. The molecule has 0 saturated heterocycles. The van der Waals surface area contributed by atoms with Crippen LogP contribution in [-0.4, -0.2) is 42.0 Å². The van der Waals surface area contributed by atoms with Gasteiger partial charge in [-0.3, -0.25) is 4.79 Å². The molecule has 1 amide bonds. The van der Waals surface area contributed by atoms with Crippen molar-refractivity contribution in [1.29, 1.82) is 0 Å². The number of carbonyl (C=O) groups excluding carboxylic acids is 1. The van der Waals surface area contributed by atoms with Crippen molar-refractivity contribution in [2.45, 2.75) is 25.6 Å². The first-order valence-corrected chi connectivity index (χ1v) is 10.3. The zero-order chi connectivity index (χ0) is 21.8. The Balaban J connectivity index is 1.32. The van der Waals surface area contributed by atoms with Crippen LogP contribution < -0.4 is 19.5 Å². The molecular weight excluding hydrogens is 418 g/mol. The molecule has 7 nitrogen and oxygen atoms in total. The molecule has 1 aliphatic heterocycles. The van der Waals surface area contributed by atoms with Gasteiger partial charge in [0.1, 0.15) is 17.6 Å². The highest BCUT2D eigenvalue weighted by molar-refractivity contribution is 6.30. The predicted molar refractivity (Wildman–Crippen MR) is 117 cm³/mol. The van der Waals surface area contributed by atoms with Gasteiger partial charge in [-0.15, -0.1) is 10.2 Å². The van der Waals surface area contributed by atoms with Gasteiger partial charge in [-0.2, -0.15) is 0 Å². The van der Waals surface area contributed by atoms with Crippen molar-refractivity contribution in [1.82, 2.24) is 15.5 Å². The normalized spacial score (nSPS) is 15.5. The molecular formula is C23H22ClN3O4. The van der Waals surface area contributed by atoms with Gasteiger partial charge >= 0.3 is 0 Å². The van der Waals surface area contributed by atoms with Crippen LogP contribution in [-0.2, 0) is 11.2 Å². The van der Waals surface area contributed by atoms with Crippen molar-refractivity contribution >= 4 is 17.5 Å². The zero-order valence-electron chi connectivity index (χ0n) is 17.2. The molecule has 0 aliphatic carbocycles. The molecule has 0 bridgehead atoms. The van der Waals surface area contributed by atoms with Crippen molar-refractivity contribution < 1.29 is 19.0 Å². The Morgan fingerprint density at radius 1 is 1.23 bits per heavy atom. The lowest BCUT2D eigenvalue weighted by molar-refractivity contribution is -0.127. The predicted octanol–water partition coefficient (Wildman–Crippen LogP) is 3.69. The number of hydrogen-bond donors (Lipinski definition) is 1. The van der Waals surface area contributed by atoms with Crippen LogP contribution in [0.25, 0.3) is 11.3 Å². The lowest BCUT2D eigenvalue weighted by Crippen LogP contribution is -2.41. The second kappa shape index (κ2) is 9.22. The monoisotopic (exact) mass is 439 g/mol. The largest absolute Gasteiger partial charge is 0.488 e. The summed E-state index contributed by atoms with van der Waals surface area (Å²) in [5, 5.41) is 11.7. The minimum absolute atomic E-state index is 0.144. The van der Waals surface area contributed by atoms with Crippen molar-refractivity contribution in [2.75, 3.05) is 13.7 Å². The maximum atomic E-state index is 12.4. The molecule has 4 rings (SSSR count). The number of halogens is 1. The number of methoxy groups -OCH3 is 1. The van der Waals surface area contributed by atoms with Crippen LogP contribution in [0, 0.1) is 0 Å². The molecule has 8 heteroatoms. The molecule has 0 unspecified atom stereocenters. The lowest BCUT2D eigenvalue weighted by atomic mass is 10.0. The molecule has 0 radical (unpaired) electrons. The third-order valence-corrected chi connectivity index (χ3v) is 5.16. The molecule has 1 aromatic heterocycles. The van der Waals surface area contributed by atoms with Crippen LogP contribution in [0.3, 0.4) is 0 Å². The number of nitrogens with zero attached hydrogens (tertiary/aromatic N) is 2. The van der Waals surface area contributed by atoms with Crippen LogP contribution in [0.4, 0.5) is 0 Å². The van der Waals surface area contributed by atoms with E-state index in [1.807, 2.05) is 24.3 Å². The van der Waals surface area contributed by atoms with E-state index in [2.05, 4.69) is 15.5 Å². The number of hydrogen-bond acceptors (Lipinski definition) is 6. The van der Waals surface area contributed by atoms with E-state index < -0.39 is 6.10 Å². The fourth-order valence-electron chi connectivity index (χ4n) is 3.33. The van der Waals surface area contributed by atoms with Gasteiger partial charge in [0.2, 0.25) is 5.88 Å². The number of amides is 1. The summed E-state index contributed by atoms with van der Waals surface area (Å²) in [5.41, 5.74) is 2.77. The maximum Gasteiger partial charge on any atom is 0.260 e. The molecule has 0 fully saturated rings. The first-order chi connectivity index (χ1) is 15.0. The van der Waals surface area contributed by atoms with Crippen molar-refractivity contribution in [3.8, 4) is 28.6 Å². The fourth-order valence-corrected chi connectivity index (χ4v) is 3.51. The van der Waals surface area contributed by atoms with E-state index in [4.69, 9.17) is 25.8 Å². The highest BCUT2D eigenvalue weighted by Crippen LogP contribution is 2.32. The van der Waals surface area contributed by atoms with Crippen molar-refractivity contribution in [2.24, 2.45) is 0 Å². The molecule has 31 heavy (non-hydrogen) atoms. The summed E-state index contributed by atoms with van der Waals surface area (Å²) in [7, 11) is 1.56. The molecule has 0 saturated carbocycles. The van der Waals surface area contributed by atoms with E-state index >= 15 is 0 Å². The van der Waals surface area contributed by atoms with Crippen LogP contribution in [0.2, 0.25) is 5.02 Å². The van der Waals surface area contributed by atoms with E-state index in [1.54, 1.807) is 44.4 Å². The van der Waals surface area contributed by atoms with E-state index in [9.17, 15) is 4.79 Å². The third kappa shape index (κ3) is 5.06. The fraction of sp³-hybridized carbons (Fsp3) is 0.261. The summed E-state index contributed by atoms with van der Waals surface area (Å²) < 4.78 is 16.7. The van der Waals surface area contributed by atoms with Crippen molar-refractivity contribution in [3.05, 3.63) is 65.2 Å². The highest BCUT2D eigenvalue weighted by atomic mass is 35.5. The average molecular weight is 440 g/mol. The Kier molecular flexibility index (Phi) is 6.23. The number of aromatic nitrogens is 2. The van der Waals surface area contributed by atoms with E-state index in [1.165, 1.54) is 0 Å². The molecule has 160 valence electrons. The van der Waals surface area contributed by atoms with Gasteiger partial charge in [0, 0.05) is 23.1 Å². The number of fused-ring (bicyclic) bond motifs is 1. The van der Waals surface area contributed by atoms with Gasteiger partial charge in [0.25, 0.3) is 5.91 Å². The number of nitrogens with one attached hydrogen (secondary N) is 1. The average Bonchev–Trinajstić information content (AvgIpc) is 3.19. The number of ether oxygens (including phenoxy) is 3. The SMILES string of the molecule is COc1ccc(-c2ccc3c(c2)C[C@H](CNC(=O)[C@@H](C)Oc2cccc(Cl)c2)O3)nn1. The van der Waals surface area contributed by atoms with E-state index in [0.717, 1.165) is 22.6 Å². The standard InChI is InChI=1S/C23H22ClN3O4/c1-14(30-18-5-3-4-17(24)12-18)23(28)25-13-19-11-16-10-15(6-8-21(16)31-19)20-7-9-22(29-2)27-26-20/h3-10,12,14,19H,11,13H2,1-2H3,(H,25,28)/t14-,19-/m1/s1. The Morgan fingerprint density at radius 2 is 2.10 bits per heavy atom. The molecule has 3 aromatic rings. The third-order valence-electron chi connectivity index (χ3n) is 4.93. The first-order valence-electron chi connectivity index (χ1n) is 9.89. The van der Waals surface area contributed by atoms with Gasteiger partial charge in [0.15, 0.2) is 6.10 Å². The van der Waals surface area contributed by atoms with Crippen molar-refractivity contribution in [3.63, 3.8) is 0 Å². The van der Waals surface area contributed by atoms with Gasteiger partial charge < -0.3 is 19.5 Å². The first kappa shape index (κ1) is 20.9. The summed E-state index contributed by atoms with van der Waals surface area (Å²) in [4.78, 5) is 12.4. The zero-order valence-corrected chi connectivity index (χ0v) is 17.9. The molecule has 0 spiro atoms. The number of carbonyl (C=O) groups is 1. The summed E-state index contributed by atoms with van der Waals surface area (Å²) in [6, 6.07) is 16.5. The van der Waals surface area contributed by atoms with E-state index in [0.29, 0.717) is 29.6 Å². The minimum Gasteiger partial charge on any atom is -0.488 e. The lowest BCUT2D eigenvalue weighted by Gasteiger charge is -2.17. The second-order valence-electron chi connectivity index (χ2n) is 7.19. The Labute approximate surface area is 185 Å². The maximum absolute atomic E-state index is 12.4. The summed E-state index contributed by atoms with van der Waals surface area (Å²) in [6.07, 6.45) is -0.103. The van der Waals surface area contributed by atoms with Crippen LogP contribution in [0.5, 0.6) is 17.4 Å². The highest BCUT2D eigenvalue weighted by Gasteiger charge is 2.25. The summed E-state index contributed by atoms with van der Waals surface area (Å²) in [5.74, 6) is 1.62. The Bertz CT molecular complexity index is 1070. The summed E-state index contributed by atoms with van der Waals surface area (Å²) >= 11 is 5.95. The summed E-state index contributed by atoms with van der Waals surface area (Å²) in [6.45, 7) is 2.08. The number of benzene rings is 2. The molecule has 1 N–H and O–H groups in total. The Hall–Kier alpha value is -3.32. The number of rotatable bonds is 7. The van der Waals surface area contributed by atoms with Gasteiger partial charge in [-0.1, -0.05) is 17.7 Å². The molecule has 1 aliphatic rings. The van der Waals surface area contributed by atoms with Gasteiger partial charge in [-0.25, -0.2) is 0 Å². The quantitative estimate of drug-likeness (QED) is 0.604. The topological polar surface area (TPSA) is 82.6 Å². The molecule has 2 atom stereocenters. The second-order valence-corrected chi connectivity index (χ2v) is 7.63. The Morgan fingerprint density at radius 3 is 2.84 bits per heavy atom. The van der Waals surface area contributed by atoms with Crippen LogP contribution in [0.15, 0.2) is 54.6 Å². The molecule has 2 aromatic carbocycles. The van der Waals surface area contributed by atoms with E-state index in [-0.39, 0.29) is 12.0 Å². The smallest absolute Gasteiger partial charge is 0.260 e. The van der Waals surface area contributed by atoms with Crippen LogP contribution >= 0.6 is 11.6 Å².